The van der Waals surface area contributed by atoms with Gasteiger partial charge in [-0.15, -0.1) is 0 Å². The minimum Gasteiger partial charge on any atom is -0.462 e. The van der Waals surface area contributed by atoms with Crippen LogP contribution < -0.4 is 0 Å². The first kappa shape index (κ1) is 9.78. The van der Waals surface area contributed by atoms with E-state index in [9.17, 15) is 4.79 Å². The van der Waals surface area contributed by atoms with E-state index < -0.39 is 5.97 Å². The number of ether oxygens (including phenoxy) is 1. The van der Waals surface area contributed by atoms with Crippen LogP contribution in [-0.2, 0) is 4.74 Å². The molecule has 6 nitrogen and oxygen atoms in total. The topological polar surface area (TPSA) is 72.3 Å². The summed E-state index contributed by atoms with van der Waals surface area (Å²) in [4.78, 5) is 19.2. The molecule has 0 bridgehead atoms. The first-order valence-corrected chi connectivity index (χ1v) is 4.73. The smallest absolute Gasteiger partial charge is 0.343 e. The molecule has 0 unspecified atom stereocenters. The van der Waals surface area contributed by atoms with Gasteiger partial charge in [-0.3, -0.25) is 5.10 Å². The van der Waals surface area contributed by atoms with Gasteiger partial charge in [-0.25, -0.2) is 19.3 Å². The lowest BCUT2D eigenvalue weighted by Gasteiger charge is -1.98. The Hall–Kier alpha value is -1.76. The molecule has 2 aromatic rings. The average molecular weight is 224 g/mol. The molecule has 7 heteroatoms. The standard InChI is InChI=1S/C8H8N4O2S/c1-2-14-7(13)5-3-11-12-6(5)9-4-10-8(12)15/h3-4,11H,2H2,1H3. The van der Waals surface area contributed by atoms with Gasteiger partial charge in [-0.1, -0.05) is 0 Å². The van der Waals surface area contributed by atoms with E-state index in [1.165, 1.54) is 17.0 Å². The maximum Gasteiger partial charge on any atom is 0.343 e. The van der Waals surface area contributed by atoms with E-state index in [2.05, 4.69) is 15.1 Å². The Morgan fingerprint density at radius 1 is 1.67 bits per heavy atom. The van der Waals surface area contributed by atoms with E-state index in [-0.39, 0.29) is 0 Å². The monoisotopic (exact) mass is 224 g/mol. The van der Waals surface area contributed by atoms with Crippen molar-refractivity contribution in [1.82, 2.24) is 19.6 Å². The van der Waals surface area contributed by atoms with Crippen molar-refractivity contribution in [3.8, 4) is 0 Å². The number of esters is 1. The Bertz CT molecular complexity index is 559. The molecular weight excluding hydrogens is 216 g/mol. The third-order valence-corrected chi connectivity index (χ3v) is 2.11. The van der Waals surface area contributed by atoms with Crippen LogP contribution in [0.2, 0.25) is 0 Å². The van der Waals surface area contributed by atoms with E-state index >= 15 is 0 Å². The maximum atomic E-state index is 11.5. The van der Waals surface area contributed by atoms with Crippen molar-refractivity contribution in [2.45, 2.75) is 6.92 Å². The number of hydrogen-bond donors (Lipinski definition) is 1. The van der Waals surface area contributed by atoms with Crippen molar-refractivity contribution in [2.75, 3.05) is 6.61 Å². The summed E-state index contributed by atoms with van der Waals surface area (Å²) in [6.07, 6.45) is 2.81. The lowest BCUT2D eigenvalue weighted by Crippen LogP contribution is -2.05. The van der Waals surface area contributed by atoms with Crippen molar-refractivity contribution >= 4 is 23.8 Å². The fraction of sp³-hybridized carbons (Fsp3) is 0.250. The predicted octanol–water partition coefficient (Wildman–Crippen LogP) is 0.964. The number of nitrogens with one attached hydrogen (secondary N) is 1. The Labute approximate surface area is 89.9 Å². The van der Waals surface area contributed by atoms with Gasteiger partial charge in [0.25, 0.3) is 0 Å². The van der Waals surface area contributed by atoms with E-state index in [1.807, 2.05) is 0 Å². The van der Waals surface area contributed by atoms with Crippen LogP contribution in [0.15, 0.2) is 12.5 Å². The first-order valence-electron chi connectivity index (χ1n) is 4.32. The summed E-state index contributed by atoms with van der Waals surface area (Å²) < 4.78 is 6.63. The molecule has 0 aromatic carbocycles. The molecule has 2 rings (SSSR count). The number of hydrogen-bond acceptors (Lipinski definition) is 5. The zero-order chi connectivity index (χ0) is 10.8. The molecular formula is C8H8N4O2S. The van der Waals surface area contributed by atoms with Gasteiger partial charge in [0.05, 0.1) is 6.61 Å². The molecule has 2 heterocycles. The fourth-order valence-corrected chi connectivity index (χ4v) is 1.38. The summed E-state index contributed by atoms with van der Waals surface area (Å²) in [5, 5.41) is 2.78. The van der Waals surface area contributed by atoms with Gasteiger partial charge in [0.1, 0.15) is 11.9 Å². The number of aromatic amines is 1. The quantitative estimate of drug-likeness (QED) is 0.607. The molecule has 0 aliphatic rings. The summed E-state index contributed by atoms with van der Waals surface area (Å²) in [7, 11) is 0. The number of nitrogens with zero attached hydrogens (tertiary/aromatic N) is 3. The Morgan fingerprint density at radius 2 is 2.47 bits per heavy atom. The van der Waals surface area contributed by atoms with Crippen molar-refractivity contribution < 1.29 is 9.53 Å². The summed E-state index contributed by atoms with van der Waals surface area (Å²) >= 11 is 4.95. The molecule has 0 aliphatic heterocycles. The molecule has 0 atom stereocenters. The molecule has 2 aromatic heterocycles. The molecule has 0 saturated carbocycles. The Balaban J connectivity index is 2.59. The third-order valence-electron chi connectivity index (χ3n) is 1.83. The van der Waals surface area contributed by atoms with Crippen LogP contribution in [0.1, 0.15) is 17.3 Å². The number of H-pyrrole nitrogens is 1. The largest absolute Gasteiger partial charge is 0.462 e. The van der Waals surface area contributed by atoms with Crippen molar-refractivity contribution in [1.29, 1.82) is 0 Å². The zero-order valence-corrected chi connectivity index (χ0v) is 8.74. The minimum atomic E-state index is -0.427. The van der Waals surface area contributed by atoms with Gasteiger partial charge in [-0.05, 0) is 19.1 Å². The highest BCUT2D eigenvalue weighted by molar-refractivity contribution is 7.71. The molecule has 1 N–H and O–H groups in total. The highest BCUT2D eigenvalue weighted by Crippen LogP contribution is 2.08. The minimum absolute atomic E-state index is 0.315. The Kier molecular flexibility index (Phi) is 2.46. The van der Waals surface area contributed by atoms with Crippen LogP contribution in [0.3, 0.4) is 0 Å². The number of fused-ring (bicyclic) bond motifs is 1. The lowest BCUT2D eigenvalue weighted by atomic mass is 10.3. The molecule has 0 radical (unpaired) electrons. The molecule has 78 valence electrons. The van der Waals surface area contributed by atoms with Gasteiger partial charge in [0.2, 0.25) is 4.77 Å². The van der Waals surface area contributed by atoms with E-state index in [1.54, 1.807) is 6.92 Å². The van der Waals surface area contributed by atoms with Crippen LogP contribution in [0.25, 0.3) is 5.65 Å². The van der Waals surface area contributed by atoms with Gasteiger partial charge < -0.3 is 4.74 Å². The molecule has 0 amide bonds. The first-order chi connectivity index (χ1) is 7.24. The third kappa shape index (κ3) is 1.61. The highest BCUT2D eigenvalue weighted by atomic mass is 32.1. The molecule has 0 fully saturated rings. The van der Waals surface area contributed by atoms with E-state index in [0.29, 0.717) is 22.6 Å². The molecule has 0 aliphatic carbocycles. The second-order valence-corrected chi connectivity index (χ2v) is 3.09. The number of carbonyl (C=O) groups is 1. The number of aromatic nitrogens is 4. The summed E-state index contributed by atoms with van der Waals surface area (Å²) in [5.74, 6) is -0.427. The molecule has 15 heavy (non-hydrogen) atoms. The lowest BCUT2D eigenvalue weighted by molar-refractivity contribution is 0.0528. The second-order valence-electron chi connectivity index (χ2n) is 2.72. The average Bonchev–Trinajstić information content (AvgIpc) is 2.63. The van der Waals surface area contributed by atoms with Crippen LogP contribution in [0.5, 0.6) is 0 Å². The highest BCUT2D eigenvalue weighted by Gasteiger charge is 2.14. The van der Waals surface area contributed by atoms with E-state index in [4.69, 9.17) is 17.0 Å². The predicted molar refractivity (Wildman–Crippen MR) is 54.1 cm³/mol. The van der Waals surface area contributed by atoms with Crippen LogP contribution in [-0.4, -0.2) is 32.2 Å². The fourth-order valence-electron chi connectivity index (χ4n) is 1.20. The van der Waals surface area contributed by atoms with Crippen LogP contribution >= 0.6 is 12.2 Å². The van der Waals surface area contributed by atoms with Crippen LogP contribution in [0.4, 0.5) is 0 Å². The van der Waals surface area contributed by atoms with Crippen molar-refractivity contribution in [3.05, 3.63) is 22.9 Å². The normalized spacial score (nSPS) is 10.5. The molecule has 0 saturated heterocycles. The SMILES string of the molecule is CCOC(=O)c1c[nH]n2c(=S)ncnc12. The second kappa shape index (κ2) is 3.77. The van der Waals surface area contributed by atoms with Gasteiger partial charge in [0, 0.05) is 6.20 Å². The zero-order valence-electron chi connectivity index (χ0n) is 7.93. The Morgan fingerprint density at radius 3 is 3.20 bits per heavy atom. The van der Waals surface area contributed by atoms with Crippen LogP contribution in [0, 0.1) is 4.77 Å². The molecule has 0 spiro atoms. The van der Waals surface area contributed by atoms with Crippen molar-refractivity contribution in [3.63, 3.8) is 0 Å². The summed E-state index contributed by atoms with van der Waals surface area (Å²) in [6, 6.07) is 0. The number of rotatable bonds is 2. The van der Waals surface area contributed by atoms with Gasteiger partial charge in [-0.2, -0.15) is 0 Å². The summed E-state index contributed by atoms with van der Waals surface area (Å²) in [5.41, 5.74) is 0.777. The van der Waals surface area contributed by atoms with Gasteiger partial charge in [0.15, 0.2) is 5.65 Å². The number of carbonyl (C=O) groups excluding carboxylic acids is 1. The van der Waals surface area contributed by atoms with E-state index in [0.717, 1.165) is 0 Å². The summed E-state index contributed by atoms with van der Waals surface area (Å²) in [6.45, 7) is 2.06. The maximum absolute atomic E-state index is 11.5. The van der Waals surface area contributed by atoms with Gasteiger partial charge >= 0.3 is 5.97 Å². The van der Waals surface area contributed by atoms with Crippen molar-refractivity contribution in [2.24, 2.45) is 0 Å².